The first kappa shape index (κ1) is 13.2. The lowest BCUT2D eigenvalue weighted by molar-refractivity contribution is 0.0600. The fraction of sp³-hybridized carbons (Fsp3) is 0.385. The number of piperazine rings is 1. The lowest BCUT2D eigenvalue weighted by Crippen LogP contribution is -2.50. The van der Waals surface area contributed by atoms with Crippen LogP contribution in [0.5, 0.6) is 0 Å². The van der Waals surface area contributed by atoms with Crippen molar-refractivity contribution in [3.8, 4) is 0 Å². The Morgan fingerprint density at radius 2 is 1.58 bits per heavy atom. The molecule has 1 aromatic rings. The number of nitrogens with two attached hydrogens (primary N) is 1. The number of hydrogen-bond donors (Lipinski definition) is 1. The topological polar surface area (TPSA) is 75.9 Å². The molecule has 6 heteroatoms. The third-order valence-electron chi connectivity index (χ3n) is 3.16. The highest BCUT2D eigenvalue weighted by molar-refractivity contribution is 5.94. The molecule has 0 radical (unpaired) electrons. The Kier molecular flexibility index (Phi) is 3.89. The minimum Gasteiger partial charge on any atom is -0.453 e. The van der Waals surface area contributed by atoms with Crippen LogP contribution in [0.1, 0.15) is 10.4 Å². The van der Waals surface area contributed by atoms with Gasteiger partial charge in [0.1, 0.15) is 0 Å². The Balaban J connectivity index is 1.96. The van der Waals surface area contributed by atoms with Crippen LogP contribution in [0.4, 0.5) is 10.5 Å². The molecule has 0 unspecified atom stereocenters. The summed E-state index contributed by atoms with van der Waals surface area (Å²) in [5, 5.41) is 0. The molecule has 0 bridgehead atoms. The highest BCUT2D eigenvalue weighted by Crippen LogP contribution is 2.11. The summed E-state index contributed by atoms with van der Waals surface area (Å²) >= 11 is 0. The quantitative estimate of drug-likeness (QED) is 0.760. The summed E-state index contributed by atoms with van der Waals surface area (Å²) in [6.45, 7) is 2.01. The van der Waals surface area contributed by atoms with Crippen molar-refractivity contribution in [3.63, 3.8) is 0 Å². The molecular weight excluding hydrogens is 246 g/mol. The molecule has 6 nitrogen and oxygen atoms in total. The molecule has 0 aromatic heterocycles. The highest BCUT2D eigenvalue weighted by atomic mass is 16.5. The number of hydrogen-bond acceptors (Lipinski definition) is 4. The van der Waals surface area contributed by atoms with Gasteiger partial charge in [0.15, 0.2) is 0 Å². The van der Waals surface area contributed by atoms with Gasteiger partial charge in [-0.25, -0.2) is 4.79 Å². The Bertz CT molecular complexity index is 465. The summed E-state index contributed by atoms with van der Waals surface area (Å²) in [5.41, 5.74) is 6.83. The molecule has 1 heterocycles. The zero-order valence-corrected chi connectivity index (χ0v) is 10.8. The molecule has 1 fully saturated rings. The zero-order chi connectivity index (χ0) is 13.8. The van der Waals surface area contributed by atoms with Gasteiger partial charge in [-0.1, -0.05) is 0 Å². The second-order valence-electron chi connectivity index (χ2n) is 4.37. The lowest BCUT2D eigenvalue weighted by atomic mass is 10.1. The Morgan fingerprint density at radius 1 is 1.05 bits per heavy atom. The van der Waals surface area contributed by atoms with Gasteiger partial charge in [0.05, 0.1) is 7.11 Å². The van der Waals surface area contributed by atoms with Gasteiger partial charge in [0, 0.05) is 37.4 Å². The van der Waals surface area contributed by atoms with Crippen molar-refractivity contribution in [2.45, 2.75) is 0 Å². The summed E-state index contributed by atoms with van der Waals surface area (Å²) in [6, 6.07) is 6.84. The van der Waals surface area contributed by atoms with E-state index in [0.29, 0.717) is 37.4 Å². The van der Waals surface area contributed by atoms with Crippen molar-refractivity contribution < 1.29 is 14.3 Å². The number of carbonyl (C=O) groups is 2. The van der Waals surface area contributed by atoms with E-state index in [1.54, 1.807) is 34.1 Å². The SMILES string of the molecule is COC(=O)N1CCN(C(=O)c2ccc(N)cc2)CC1. The van der Waals surface area contributed by atoms with E-state index >= 15 is 0 Å². The van der Waals surface area contributed by atoms with E-state index < -0.39 is 0 Å². The maximum absolute atomic E-state index is 12.2. The van der Waals surface area contributed by atoms with Crippen LogP contribution in [0.15, 0.2) is 24.3 Å². The van der Waals surface area contributed by atoms with Crippen LogP contribution >= 0.6 is 0 Å². The number of carbonyl (C=O) groups excluding carboxylic acids is 2. The molecule has 1 saturated heterocycles. The van der Waals surface area contributed by atoms with Crippen LogP contribution in [-0.4, -0.2) is 55.1 Å². The third-order valence-corrected chi connectivity index (χ3v) is 3.16. The molecule has 1 aromatic carbocycles. The Labute approximate surface area is 111 Å². The summed E-state index contributed by atoms with van der Waals surface area (Å²) in [7, 11) is 1.36. The number of nitrogens with zero attached hydrogens (tertiary/aromatic N) is 2. The zero-order valence-electron chi connectivity index (χ0n) is 10.8. The van der Waals surface area contributed by atoms with Crippen LogP contribution in [0.3, 0.4) is 0 Å². The van der Waals surface area contributed by atoms with Gasteiger partial charge in [0.25, 0.3) is 5.91 Å². The van der Waals surface area contributed by atoms with Crippen molar-refractivity contribution in [1.29, 1.82) is 0 Å². The molecule has 19 heavy (non-hydrogen) atoms. The van der Waals surface area contributed by atoms with Gasteiger partial charge >= 0.3 is 6.09 Å². The molecule has 102 valence electrons. The van der Waals surface area contributed by atoms with Crippen molar-refractivity contribution in [3.05, 3.63) is 29.8 Å². The van der Waals surface area contributed by atoms with Crippen molar-refractivity contribution in [2.75, 3.05) is 39.0 Å². The first-order valence-corrected chi connectivity index (χ1v) is 6.09. The summed E-state index contributed by atoms with van der Waals surface area (Å²) in [6.07, 6.45) is -0.348. The number of benzene rings is 1. The van der Waals surface area contributed by atoms with Crippen LogP contribution in [0, 0.1) is 0 Å². The average molecular weight is 263 g/mol. The van der Waals surface area contributed by atoms with Gasteiger partial charge in [-0.15, -0.1) is 0 Å². The first-order chi connectivity index (χ1) is 9.11. The summed E-state index contributed by atoms with van der Waals surface area (Å²) < 4.78 is 4.65. The second kappa shape index (κ2) is 5.60. The molecule has 2 N–H and O–H groups in total. The normalized spacial score (nSPS) is 15.2. The number of rotatable bonds is 1. The van der Waals surface area contributed by atoms with Gasteiger partial charge < -0.3 is 20.3 Å². The van der Waals surface area contributed by atoms with Crippen molar-refractivity contribution in [2.24, 2.45) is 0 Å². The van der Waals surface area contributed by atoms with E-state index in [9.17, 15) is 9.59 Å². The molecule has 2 amide bonds. The summed E-state index contributed by atoms with van der Waals surface area (Å²) in [5.74, 6) is -0.0375. The van der Waals surface area contributed by atoms with E-state index in [1.165, 1.54) is 7.11 Å². The predicted molar refractivity (Wildman–Crippen MR) is 70.7 cm³/mol. The Morgan fingerprint density at radius 3 is 2.11 bits per heavy atom. The standard InChI is InChI=1S/C13H17N3O3/c1-19-13(18)16-8-6-15(7-9-16)12(17)10-2-4-11(14)5-3-10/h2-5H,6-9,14H2,1H3. The van der Waals surface area contributed by atoms with E-state index in [4.69, 9.17) is 5.73 Å². The van der Waals surface area contributed by atoms with Crippen LogP contribution in [0.2, 0.25) is 0 Å². The average Bonchev–Trinajstić information content (AvgIpc) is 2.46. The molecule has 1 aliphatic heterocycles. The van der Waals surface area contributed by atoms with E-state index in [1.807, 2.05) is 0 Å². The van der Waals surface area contributed by atoms with E-state index in [2.05, 4.69) is 4.74 Å². The van der Waals surface area contributed by atoms with Crippen LogP contribution < -0.4 is 5.73 Å². The summed E-state index contributed by atoms with van der Waals surface area (Å²) in [4.78, 5) is 26.9. The monoisotopic (exact) mass is 263 g/mol. The number of amides is 2. The van der Waals surface area contributed by atoms with Gasteiger partial charge in [-0.3, -0.25) is 4.79 Å². The van der Waals surface area contributed by atoms with Crippen LogP contribution in [-0.2, 0) is 4.74 Å². The maximum atomic E-state index is 12.2. The molecule has 0 aliphatic carbocycles. The third kappa shape index (κ3) is 2.96. The molecular formula is C13H17N3O3. The molecule has 1 aliphatic rings. The van der Waals surface area contributed by atoms with Gasteiger partial charge in [-0.2, -0.15) is 0 Å². The number of nitrogen functional groups attached to an aromatic ring is 1. The van der Waals surface area contributed by atoms with Crippen LogP contribution in [0.25, 0.3) is 0 Å². The minimum absolute atomic E-state index is 0.0375. The molecule has 0 saturated carbocycles. The highest BCUT2D eigenvalue weighted by Gasteiger charge is 2.24. The van der Waals surface area contributed by atoms with Crippen molar-refractivity contribution >= 4 is 17.7 Å². The van der Waals surface area contributed by atoms with Gasteiger partial charge in [-0.05, 0) is 24.3 Å². The molecule has 0 spiro atoms. The predicted octanol–water partition coefficient (Wildman–Crippen LogP) is 0.793. The number of methoxy groups -OCH3 is 1. The molecule has 2 rings (SSSR count). The Hall–Kier alpha value is -2.24. The van der Waals surface area contributed by atoms with E-state index in [0.717, 1.165) is 0 Å². The van der Waals surface area contributed by atoms with E-state index in [-0.39, 0.29) is 12.0 Å². The largest absolute Gasteiger partial charge is 0.453 e. The van der Waals surface area contributed by atoms with Gasteiger partial charge in [0.2, 0.25) is 0 Å². The number of ether oxygens (including phenoxy) is 1. The second-order valence-corrected chi connectivity index (χ2v) is 4.37. The minimum atomic E-state index is -0.348. The lowest BCUT2D eigenvalue weighted by Gasteiger charge is -2.33. The molecule has 0 atom stereocenters. The fourth-order valence-corrected chi connectivity index (χ4v) is 2.03. The maximum Gasteiger partial charge on any atom is 0.409 e. The fourth-order valence-electron chi connectivity index (χ4n) is 2.03. The first-order valence-electron chi connectivity index (χ1n) is 6.09. The van der Waals surface area contributed by atoms with Crippen molar-refractivity contribution in [1.82, 2.24) is 9.80 Å². The number of anilines is 1. The smallest absolute Gasteiger partial charge is 0.409 e.